The van der Waals surface area contributed by atoms with Gasteiger partial charge in [-0.05, 0) is 24.9 Å². The van der Waals surface area contributed by atoms with Crippen LogP contribution >= 0.6 is 0 Å². The molecule has 0 bridgehead atoms. The van der Waals surface area contributed by atoms with Crippen LogP contribution in [0, 0.1) is 5.92 Å². The third-order valence-electron chi connectivity index (χ3n) is 2.90. The number of carbonyl (C=O) groups excluding carboxylic acids is 1. The second-order valence-corrected chi connectivity index (χ2v) is 4.12. The summed E-state index contributed by atoms with van der Waals surface area (Å²) >= 11 is 0. The van der Waals surface area contributed by atoms with Gasteiger partial charge in [0, 0.05) is 6.20 Å². The van der Waals surface area contributed by atoms with E-state index in [1.54, 1.807) is 12.3 Å². The quantitative estimate of drug-likeness (QED) is 0.757. The molecule has 2 rings (SSSR count). The van der Waals surface area contributed by atoms with Gasteiger partial charge in [-0.25, -0.2) is 9.97 Å². The first-order chi connectivity index (χ1) is 7.77. The average Bonchev–Trinajstić information content (AvgIpc) is 2.74. The molecule has 1 saturated heterocycles. The average molecular weight is 220 g/mol. The molecule has 0 aromatic carbocycles. The maximum atomic E-state index is 11.8. The molecule has 1 aliphatic heterocycles. The number of nitrogens with one attached hydrogen (secondary N) is 2. The van der Waals surface area contributed by atoms with E-state index >= 15 is 0 Å². The molecule has 0 radical (unpaired) electrons. The van der Waals surface area contributed by atoms with E-state index in [0.29, 0.717) is 12.5 Å². The fourth-order valence-corrected chi connectivity index (χ4v) is 1.90. The van der Waals surface area contributed by atoms with Gasteiger partial charge in [0.05, 0.1) is 18.3 Å². The topological polar surface area (TPSA) is 66.9 Å². The van der Waals surface area contributed by atoms with Gasteiger partial charge in [0.25, 0.3) is 0 Å². The molecular weight excluding hydrogens is 204 g/mol. The Bertz CT molecular complexity index is 354. The maximum absolute atomic E-state index is 11.8. The van der Waals surface area contributed by atoms with E-state index in [1.165, 1.54) is 6.33 Å². The SMILES string of the molecule is CC1CCNC1C(=O)NCc1ccncn1. The minimum absolute atomic E-state index is 0.0539. The summed E-state index contributed by atoms with van der Waals surface area (Å²) in [4.78, 5) is 19.7. The number of hydrogen-bond donors (Lipinski definition) is 2. The monoisotopic (exact) mass is 220 g/mol. The predicted octanol–water partition coefficient (Wildman–Crippen LogP) is 0.0908. The Kier molecular flexibility index (Phi) is 3.46. The van der Waals surface area contributed by atoms with Crippen molar-refractivity contribution in [2.24, 2.45) is 5.92 Å². The Morgan fingerprint density at radius 2 is 2.56 bits per heavy atom. The number of amides is 1. The van der Waals surface area contributed by atoms with Gasteiger partial charge >= 0.3 is 0 Å². The lowest BCUT2D eigenvalue weighted by Gasteiger charge is -2.14. The third-order valence-corrected chi connectivity index (χ3v) is 2.90. The molecule has 0 spiro atoms. The van der Waals surface area contributed by atoms with E-state index in [4.69, 9.17) is 0 Å². The molecule has 0 aliphatic carbocycles. The molecule has 16 heavy (non-hydrogen) atoms. The van der Waals surface area contributed by atoms with Crippen molar-refractivity contribution in [2.75, 3.05) is 6.54 Å². The Labute approximate surface area is 94.7 Å². The van der Waals surface area contributed by atoms with Crippen molar-refractivity contribution in [3.8, 4) is 0 Å². The molecule has 5 nitrogen and oxygen atoms in total. The highest BCUT2D eigenvalue weighted by atomic mass is 16.2. The van der Waals surface area contributed by atoms with Crippen molar-refractivity contribution in [2.45, 2.75) is 25.9 Å². The summed E-state index contributed by atoms with van der Waals surface area (Å²) in [5, 5.41) is 6.08. The van der Waals surface area contributed by atoms with Crippen LogP contribution in [0.2, 0.25) is 0 Å². The Hall–Kier alpha value is -1.49. The zero-order valence-corrected chi connectivity index (χ0v) is 9.31. The second kappa shape index (κ2) is 5.03. The molecule has 2 N–H and O–H groups in total. The number of carbonyl (C=O) groups is 1. The van der Waals surface area contributed by atoms with Gasteiger partial charge in [0.15, 0.2) is 0 Å². The van der Waals surface area contributed by atoms with E-state index in [9.17, 15) is 4.79 Å². The summed E-state index contributed by atoms with van der Waals surface area (Å²) in [6.45, 7) is 3.48. The Balaban J connectivity index is 1.84. The molecule has 86 valence electrons. The predicted molar refractivity (Wildman–Crippen MR) is 59.5 cm³/mol. The van der Waals surface area contributed by atoms with Crippen LogP contribution in [0.1, 0.15) is 19.0 Å². The molecule has 2 atom stereocenters. The first-order valence-corrected chi connectivity index (χ1v) is 5.53. The van der Waals surface area contributed by atoms with E-state index in [0.717, 1.165) is 18.7 Å². The molecule has 1 aromatic rings. The van der Waals surface area contributed by atoms with Crippen molar-refractivity contribution >= 4 is 5.91 Å². The lowest BCUT2D eigenvalue weighted by molar-refractivity contribution is -0.123. The van der Waals surface area contributed by atoms with Crippen LogP contribution in [0.4, 0.5) is 0 Å². The van der Waals surface area contributed by atoms with Gasteiger partial charge in [0.2, 0.25) is 5.91 Å². The Morgan fingerprint density at radius 3 is 3.19 bits per heavy atom. The van der Waals surface area contributed by atoms with Gasteiger partial charge < -0.3 is 10.6 Å². The minimum atomic E-state index is -0.0539. The van der Waals surface area contributed by atoms with Crippen LogP contribution in [0.25, 0.3) is 0 Å². The smallest absolute Gasteiger partial charge is 0.237 e. The summed E-state index contributed by atoms with van der Waals surface area (Å²) in [6.07, 6.45) is 4.22. The summed E-state index contributed by atoms with van der Waals surface area (Å²) < 4.78 is 0. The van der Waals surface area contributed by atoms with Gasteiger partial charge in [-0.15, -0.1) is 0 Å². The normalized spacial score (nSPS) is 24.3. The molecule has 0 saturated carbocycles. The van der Waals surface area contributed by atoms with Crippen molar-refractivity contribution in [1.82, 2.24) is 20.6 Å². The Morgan fingerprint density at radius 1 is 1.69 bits per heavy atom. The third kappa shape index (κ3) is 2.55. The van der Waals surface area contributed by atoms with Gasteiger partial charge in [-0.3, -0.25) is 4.79 Å². The van der Waals surface area contributed by atoms with Crippen LogP contribution in [0.3, 0.4) is 0 Å². The van der Waals surface area contributed by atoms with Gasteiger partial charge in [-0.2, -0.15) is 0 Å². The molecule has 2 heterocycles. The fraction of sp³-hybridized carbons (Fsp3) is 0.545. The molecule has 5 heteroatoms. The molecule has 1 fully saturated rings. The standard InChI is InChI=1S/C11H16N4O/c1-8-2-5-13-10(8)11(16)14-6-9-3-4-12-7-15-9/h3-4,7-8,10,13H,2,5-6H2,1H3,(H,14,16). The zero-order chi connectivity index (χ0) is 11.4. The number of aromatic nitrogens is 2. The lowest BCUT2D eigenvalue weighted by Crippen LogP contribution is -2.43. The van der Waals surface area contributed by atoms with E-state index in [2.05, 4.69) is 27.5 Å². The van der Waals surface area contributed by atoms with Crippen LogP contribution in [-0.2, 0) is 11.3 Å². The highest BCUT2D eigenvalue weighted by Crippen LogP contribution is 2.14. The van der Waals surface area contributed by atoms with E-state index in [1.807, 2.05) is 0 Å². The highest BCUT2D eigenvalue weighted by Gasteiger charge is 2.28. The van der Waals surface area contributed by atoms with Crippen molar-refractivity contribution in [3.63, 3.8) is 0 Å². The molecule has 1 aromatic heterocycles. The number of hydrogen-bond acceptors (Lipinski definition) is 4. The summed E-state index contributed by atoms with van der Waals surface area (Å²) in [7, 11) is 0. The molecule has 1 amide bonds. The summed E-state index contributed by atoms with van der Waals surface area (Å²) in [5.41, 5.74) is 0.828. The highest BCUT2D eigenvalue weighted by molar-refractivity contribution is 5.82. The fourth-order valence-electron chi connectivity index (χ4n) is 1.90. The first-order valence-electron chi connectivity index (χ1n) is 5.53. The lowest BCUT2D eigenvalue weighted by atomic mass is 10.0. The van der Waals surface area contributed by atoms with Crippen LogP contribution in [-0.4, -0.2) is 28.5 Å². The van der Waals surface area contributed by atoms with Crippen LogP contribution in [0.5, 0.6) is 0 Å². The molecular formula is C11H16N4O. The van der Waals surface area contributed by atoms with E-state index < -0.39 is 0 Å². The summed E-state index contributed by atoms with van der Waals surface area (Å²) in [5.74, 6) is 0.467. The molecule has 1 aliphatic rings. The number of nitrogens with zero attached hydrogens (tertiary/aromatic N) is 2. The van der Waals surface area contributed by atoms with Crippen molar-refractivity contribution < 1.29 is 4.79 Å². The van der Waals surface area contributed by atoms with Crippen LogP contribution < -0.4 is 10.6 Å². The summed E-state index contributed by atoms with van der Waals surface area (Å²) in [6, 6.07) is 1.74. The van der Waals surface area contributed by atoms with Crippen molar-refractivity contribution in [3.05, 3.63) is 24.3 Å². The largest absolute Gasteiger partial charge is 0.349 e. The second-order valence-electron chi connectivity index (χ2n) is 4.12. The minimum Gasteiger partial charge on any atom is -0.349 e. The van der Waals surface area contributed by atoms with E-state index in [-0.39, 0.29) is 11.9 Å². The van der Waals surface area contributed by atoms with Crippen molar-refractivity contribution in [1.29, 1.82) is 0 Å². The maximum Gasteiger partial charge on any atom is 0.237 e. The van der Waals surface area contributed by atoms with Crippen LogP contribution in [0.15, 0.2) is 18.6 Å². The molecule has 2 unspecified atom stereocenters. The first kappa shape index (κ1) is 11.0. The van der Waals surface area contributed by atoms with Gasteiger partial charge in [0.1, 0.15) is 6.33 Å². The number of rotatable bonds is 3. The zero-order valence-electron chi connectivity index (χ0n) is 9.31. The van der Waals surface area contributed by atoms with Gasteiger partial charge in [-0.1, -0.05) is 6.92 Å².